The van der Waals surface area contributed by atoms with Gasteiger partial charge in [-0.25, -0.2) is 8.42 Å². The van der Waals surface area contributed by atoms with Crippen LogP contribution in [-0.4, -0.2) is 14.2 Å². The van der Waals surface area contributed by atoms with Gasteiger partial charge in [-0.2, -0.15) is 5.26 Å². The second-order valence-electron chi connectivity index (χ2n) is 5.31. The molecule has 2 aromatic carbocycles. The van der Waals surface area contributed by atoms with E-state index < -0.39 is 10.0 Å². The highest BCUT2D eigenvalue weighted by molar-refractivity contribution is 8.03. The highest BCUT2D eigenvalue weighted by atomic mass is 32.2. The molecular weight excluding hydrogens is 344 g/mol. The Morgan fingerprint density at radius 3 is 2.33 bits per heavy atom. The topological polar surface area (TPSA) is 87.0 Å². The minimum Gasteiger partial charge on any atom is -0.295 e. The SMILES string of the molecule is CC(=O)c1cccc(S(=O)(=O)Nc2c(C)cc(SC#N)cc2C)c1. The quantitative estimate of drug-likeness (QED) is 0.497. The molecule has 0 aliphatic heterocycles. The summed E-state index contributed by atoms with van der Waals surface area (Å²) in [6.07, 6.45) is 0. The van der Waals surface area contributed by atoms with E-state index in [1.54, 1.807) is 32.0 Å². The Kier molecular flexibility index (Phi) is 5.32. The highest BCUT2D eigenvalue weighted by Gasteiger charge is 2.18. The van der Waals surface area contributed by atoms with Crippen LogP contribution in [0.2, 0.25) is 0 Å². The maximum Gasteiger partial charge on any atom is 0.261 e. The lowest BCUT2D eigenvalue weighted by Gasteiger charge is -2.14. The first kappa shape index (κ1) is 18.0. The summed E-state index contributed by atoms with van der Waals surface area (Å²) in [6.45, 7) is 4.94. The highest BCUT2D eigenvalue weighted by Crippen LogP contribution is 2.29. The maximum absolute atomic E-state index is 12.6. The number of nitrogens with one attached hydrogen (secondary N) is 1. The molecule has 0 saturated heterocycles. The molecule has 24 heavy (non-hydrogen) atoms. The van der Waals surface area contributed by atoms with Crippen LogP contribution in [0.5, 0.6) is 0 Å². The third kappa shape index (κ3) is 3.96. The fourth-order valence-electron chi connectivity index (χ4n) is 2.27. The summed E-state index contributed by atoms with van der Waals surface area (Å²) in [6, 6.07) is 9.42. The van der Waals surface area contributed by atoms with Crippen molar-refractivity contribution in [1.29, 1.82) is 5.26 Å². The molecule has 124 valence electrons. The average Bonchev–Trinajstić information content (AvgIpc) is 2.51. The Labute approximate surface area is 145 Å². The largest absolute Gasteiger partial charge is 0.295 e. The zero-order valence-corrected chi connectivity index (χ0v) is 15.1. The molecule has 0 spiro atoms. The molecule has 5 nitrogen and oxygen atoms in total. The standard InChI is InChI=1S/C17H16N2O3S2/c1-11-7-15(23-10-18)8-12(2)17(11)19-24(21,22)16-6-4-5-14(9-16)13(3)20/h4-9,19H,1-3H3. The van der Waals surface area contributed by atoms with E-state index in [9.17, 15) is 13.2 Å². The molecule has 0 heterocycles. The van der Waals surface area contributed by atoms with E-state index in [2.05, 4.69) is 4.72 Å². The minimum absolute atomic E-state index is 0.0319. The van der Waals surface area contributed by atoms with E-state index in [1.165, 1.54) is 25.1 Å². The number of sulfonamides is 1. The Bertz CT molecular complexity index is 922. The Morgan fingerprint density at radius 1 is 1.17 bits per heavy atom. The second-order valence-corrected chi connectivity index (χ2v) is 7.86. The number of carbonyl (C=O) groups is 1. The van der Waals surface area contributed by atoms with Crippen LogP contribution < -0.4 is 4.72 Å². The lowest BCUT2D eigenvalue weighted by atomic mass is 10.1. The number of carbonyl (C=O) groups excluding carboxylic acids is 1. The van der Waals surface area contributed by atoms with Gasteiger partial charge in [0, 0.05) is 10.5 Å². The summed E-state index contributed by atoms with van der Waals surface area (Å²) >= 11 is 1.02. The Morgan fingerprint density at radius 2 is 1.79 bits per heavy atom. The number of hydrogen-bond donors (Lipinski definition) is 1. The zero-order chi connectivity index (χ0) is 17.9. The predicted octanol–water partition coefficient (Wildman–Crippen LogP) is 3.88. The fourth-order valence-corrected chi connectivity index (χ4v) is 4.10. The number of nitrogens with zero attached hydrogens (tertiary/aromatic N) is 1. The second kappa shape index (κ2) is 7.07. The average molecular weight is 360 g/mol. The van der Waals surface area contributed by atoms with E-state index in [-0.39, 0.29) is 10.7 Å². The third-order valence-corrected chi connectivity index (χ3v) is 5.37. The molecule has 7 heteroatoms. The van der Waals surface area contributed by atoms with Crippen LogP contribution >= 0.6 is 11.8 Å². The number of thioether (sulfide) groups is 1. The molecule has 0 saturated carbocycles. The first-order chi connectivity index (χ1) is 11.2. The van der Waals surface area contributed by atoms with Crippen LogP contribution in [0.25, 0.3) is 0 Å². The summed E-state index contributed by atoms with van der Waals surface area (Å²) in [4.78, 5) is 12.2. The number of benzene rings is 2. The summed E-state index contributed by atoms with van der Waals surface area (Å²) in [5.74, 6) is -0.197. The van der Waals surface area contributed by atoms with Gasteiger partial charge in [0.2, 0.25) is 0 Å². The smallest absolute Gasteiger partial charge is 0.261 e. The van der Waals surface area contributed by atoms with Gasteiger partial charge in [0.1, 0.15) is 5.40 Å². The lowest BCUT2D eigenvalue weighted by molar-refractivity contribution is 0.101. The van der Waals surface area contributed by atoms with Crippen LogP contribution in [-0.2, 0) is 10.0 Å². The van der Waals surface area contributed by atoms with Gasteiger partial charge in [-0.15, -0.1) is 0 Å². The van der Waals surface area contributed by atoms with Crippen molar-refractivity contribution in [2.75, 3.05) is 4.72 Å². The van der Waals surface area contributed by atoms with E-state index in [0.717, 1.165) is 27.8 Å². The van der Waals surface area contributed by atoms with Crippen LogP contribution in [0.1, 0.15) is 28.4 Å². The number of ketones is 1. The molecule has 1 N–H and O–H groups in total. The number of nitriles is 1. The minimum atomic E-state index is -3.81. The fraction of sp³-hybridized carbons (Fsp3) is 0.176. The molecule has 0 bridgehead atoms. The molecule has 2 rings (SSSR count). The van der Waals surface area contributed by atoms with Crippen molar-refractivity contribution in [3.8, 4) is 5.40 Å². The lowest BCUT2D eigenvalue weighted by Crippen LogP contribution is -2.15. The number of Topliss-reactive ketones (excluding diaryl/α,β-unsaturated/α-hetero) is 1. The van der Waals surface area contributed by atoms with Gasteiger partial charge in [-0.1, -0.05) is 12.1 Å². The molecule has 0 aliphatic rings. The van der Waals surface area contributed by atoms with Gasteiger partial charge in [-0.05, 0) is 67.9 Å². The van der Waals surface area contributed by atoms with Gasteiger partial charge in [0.15, 0.2) is 5.78 Å². The van der Waals surface area contributed by atoms with Gasteiger partial charge in [0.25, 0.3) is 10.0 Å². The van der Waals surface area contributed by atoms with Gasteiger partial charge < -0.3 is 0 Å². The summed E-state index contributed by atoms with van der Waals surface area (Å²) < 4.78 is 27.8. The summed E-state index contributed by atoms with van der Waals surface area (Å²) in [7, 11) is -3.81. The van der Waals surface area contributed by atoms with Crippen molar-refractivity contribution >= 4 is 33.3 Å². The summed E-state index contributed by atoms with van der Waals surface area (Å²) in [5.41, 5.74) is 2.26. The molecule has 0 unspecified atom stereocenters. The molecule has 0 atom stereocenters. The predicted molar refractivity (Wildman–Crippen MR) is 94.6 cm³/mol. The Balaban J connectivity index is 2.42. The van der Waals surface area contributed by atoms with E-state index in [1.807, 2.05) is 5.40 Å². The molecule has 0 aromatic heterocycles. The zero-order valence-electron chi connectivity index (χ0n) is 13.5. The molecule has 0 amide bonds. The van der Waals surface area contributed by atoms with Crippen molar-refractivity contribution in [1.82, 2.24) is 0 Å². The first-order valence-electron chi connectivity index (χ1n) is 7.05. The summed E-state index contributed by atoms with van der Waals surface area (Å²) in [5, 5.41) is 10.7. The molecule has 0 radical (unpaired) electrons. The molecule has 2 aromatic rings. The van der Waals surface area contributed by atoms with Gasteiger partial charge >= 0.3 is 0 Å². The molecule has 0 fully saturated rings. The van der Waals surface area contributed by atoms with Crippen molar-refractivity contribution in [3.05, 3.63) is 53.1 Å². The van der Waals surface area contributed by atoms with E-state index in [0.29, 0.717) is 11.3 Å². The van der Waals surface area contributed by atoms with Crippen molar-refractivity contribution < 1.29 is 13.2 Å². The van der Waals surface area contributed by atoms with E-state index in [4.69, 9.17) is 5.26 Å². The van der Waals surface area contributed by atoms with Crippen molar-refractivity contribution in [2.24, 2.45) is 0 Å². The van der Waals surface area contributed by atoms with E-state index >= 15 is 0 Å². The van der Waals surface area contributed by atoms with Crippen LogP contribution in [0.15, 0.2) is 46.2 Å². The van der Waals surface area contributed by atoms with Crippen LogP contribution in [0.4, 0.5) is 5.69 Å². The first-order valence-corrected chi connectivity index (χ1v) is 9.35. The number of hydrogen-bond acceptors (Lipinski definition) is 5. The van der Waals surface area contributed by atoms with Crippen LogP contribution in [0.3, 0.4) is 0 Å². The number of thiocyanates is 1. The van der Waals surface area contributed by atoms with Crippen LogP contribution in [0, 0.1) is 24.5 Å². The monoisotopic (exact) mass is 360 g/mol. The number of aryl methyl sites for hydroxylation is 2. The van der Waals surface area contributed by atoms with Gasteiger partial charge in [0.05, 0.1) is 10.6 Å². The Hall–Kier alpha value is -2.30. The number of rotatable bonds is 5. The van der Waals surface area contributed by atoms with Crippen molar-refractivity contribution in [2.45, 2.75) is 30.6 Å². The number of anilines is 1. The van der Waals surface area contributed by atoms with Gasteiger partial charge in [-0.3, -0.25) is 9.52 Å². The maximum atomic E-state index is 12.6. The molecular formula is C17H16N2O3S2. The van der Waals surface area contributed by atoms with Crippen molar-refractivity contribution in [3.63, 3.8) is 0 Å². The normalized spacial score (nSPS) is 10.9. The molecule has 0 aliphatic carbocycles. The third-order valence-electron chi connectivity index (χ3n) is 3.46.